The number of hydrogen-bond acceptors (Lipinski definition) is 0. The van der Waals surface area contributed by atoms with Crippen molar-refractivity contribution in [3.05, 3.63) is 5.92 Å². The first kappa shape index (κ1) is 15.5. The minimum absolute atomic E-state index is 0.729. The van der Waals surface area contributed by atoms with Crippen LogP contribution in [0.4, 0.5) is 0 Å². The first-order valence-corrected chi connectivity index (χ1v) is 10.8. The van der Waals surface area contributed by atoms with Crippen molar-refractivity contribution < 1.29 is 0 Å². The van der Waals surface area contributed by atoms with E-state index < -0.39 is 0 Å². The highest BCUT2D eigenvalue weighted by molar-refractivity contribution is 5.18. The molecule has 4 rings (SSSR count). The Bertz CT molecular complexity index is 343. The molecule has 0 spiro atoms. The minimum Gasteiger partial charge on any atom is -0.0533 e. The Hall–Kier alpha value is 0. The molecule has 4 saturated carbocycles. The Kier molecular flexibility index (Phi) is 4.84. The Morgan fingerprint density at radius 3 is 1.77 bits per heavy atom. The summed E-state index contributed by atoms with van der Waals surface area (Å²) in [5.74, 6) is 5.38. The van der Waals surface area contributed by atoms with Gasteiger partial charge in [0.1, 0.15) is 0 Å². The van der Waals surface area contributed by atoms with E-state index in [9.17, 15) is 0 Å². The van der Waals surface area contributed by atoms with E-state index in [1.807, 2.05) is 0 Å². The molecule has 22 heavy (non-hydrogen) atoms. The van der Waals surface area contributed by atoms with Crippen molar-refractivity contribution in [3.63, 3.8) is 0 Å². The van der Waals surface area contributed by atoms with E-state index in [0.29, 0.717) is 0 Å². The summed E-state index contributed by atoms with van der Waals surface area (Å²) < 4.78 is 0. The highest BCUT2D eigenvalue weighted by atomic mass is 14.6. The second-order valence-electron chi connectivity index (χ2n) is 9.07. The van der Waals surface area contributed by atoms with Crippen LogP contribution in [0.5, 0.6) is 0 Å². The normalized spacial score (nSPS) is 37.1. The van der Waals surface area contributed by atoms with Gasteiger partial charge in [0.05, 0.1) is 0 Å². The van der Waals surface area contributed by atoms with Crippen molar-refractivity contribution in [2.24, 2.45) is 23.2 Å². The smallest absolute Gasteiger partial charge is 0.0143 e. The van der Waals surface area contributed by atoms with Crippen molar-refractivity contribution in [1.29, 1.82) is 0 Å². The zero-order valence-electron chi connectivity index (χ0n) is 14.8. The summed E-state index contributed by atoms with van der Waals surface area (Å²) in [6.07, 6.45) is 26.3. The Labute approximate surface area is 138 Å². The maximum absolute atomic E-state index is 2.15. The van der Waals surface area contributed by atoms with E-state index in [2.05, 4.69) is 5.92 Å². The van der Waals surface area contributed by atoms with E-state index in [4.69, 9.17) is 0 Å². The molecule has 1 radical (unpaired) electrons. The van der Waals surface area contributed by atoms with Crippen LogP contribution >= 0.6 is 0 Å². The van der Waals surface area contributed by atoms with Crippen molar-refractivity contribution >= 4 is 0 Å². The van der Waals surface area contributed by atoms with Gasteiger partial charge in [0.2, 0.25) is 0 Å². The van der Waals surface area contributed by atoms with Gasteiger partial charge in [-0.15, -0.1) is 0 Å². The van der Waals surface area contributed by atoms with Crippen molar-refractivity contribution in [2.45, 2.75) is 109 Å². The molecule has 1 atom stereocenters. The van der Waals surface area contributed by atoms with Gasteiger partial charge in [-0.05, 0) is 80.5 Å². The fraction of sp³-hybridized carbons (Fsp3) is 0.955. The molecule has 0 aromatic carbocycles. The molecule has 0 heterocycles. The van der Waals surface area contributed by atoms with Gasteiger partial charge >= 0.3 is 0 Å². The van der Waals surface area contributed by atoms with Gasteiger partial charge in [-0.25, -0.2) is 0 Å². The third-order valence-electron chi connectivity index (χ3n) is 8.15. The van der Waals surface area contributed by atoms with Crippen molar-refractivity contribution in [2.75, 3.05) is 0 Å². The van der Waals surface area contributed by atoms with Gasteiger partial charge in [-0.3, -0.25) is 0 Å². The van der Waals surface area contributed by atoms with Gasteiger partial charge in [-0.2, -0.15) is 0 Å². The zero-order valence-corrected chi connectivity index (χ0v) is 14.8. The van der Waals surface area contributed by atoms with E-state index in [1.165, 1.54) is 57.8 Å². The molecular weight excluding hydrogens is 264 g/mol. The lowest BCUT2D eigenvalue weighted by molar-refractivity contribution is 0.00588. The van der Waals surface area contributed by atoms with Crippen LogP contribution in [-0.2, 0) is 0 Å². The van der Waals surface area contributed by atoms with Gasteiger partial charge in [0.25, 0.3) is 0 Å². The molecule has 0 aromatic rings. The first-order chi connectivity index (χ1) is 10.9. The molecular formula is C22H37. The van der Waals surface area contributed by atoms with E-state index in [-0.39, 0.29) is 0 Å². The van der Waals surface area contributed by atoms with Gasteiger partial charge in [0.15, 0.2) is 0 Å². The third-order valence-corrected chi connectivity index (χ3v) is 8.15. The standard InChI is InChI=1S/C22H37/c1-3-10-18(11-4-1)21-16-5-2-8-17-22(21,20-14-9-15-20)19-12-6-7-13-19/h18-20H,1-17H2. The van der Waals surface area contributed by atoms with Crippen molar-refractivity contribution in [3.8, 4) is 0 Å². The molecule has 0 nitrogen and oxygen atoms in total. The lowest BCUT2D eigenvalue weighted by Crippen LogP contribution is -2.47. The predicted octanol–water partition coefficient (Wildman–Crippen LogP) is 7.08. The molecule has 0 heteroatoms. The third kappa shape index (κ3) is 2.67. The van der Waals surface area contributed by atoms with Crippen LogP contribution < -0.4 is 0 Å². The van der Waals surface area contributed by atoms with Crippen LogP contribution in [-0.4, -0.2) is 0 Å². The van der Waals surface area contributed by atoms with E-state index in [0.717, 1.165) is 23.2 Å². The molecule has 4 fully saturated rings. The molecule has 1 unspecified atom stereocenters. The maximum atomic E-state index is 2.15. The number of rotatable bonds is 3. The maximum Gasteiger partial charge on any atom is -0.0143 e. The molecule has 125 valence electrons. The lowest BCUT2D eigenvalue weighted by atomic mass is 9.49. The summed E-state index contributed by atoms with van der Waals surface area (Å²) >= 11 is 0. The Morgan fingerprint density at radius 1 is 0.545 bits per heavy atom. The summed E-state index contributed by atoms with van der Waals surface area (Å²) in [6.45, 7) is 0. The fourth-order valence-corrected chi connectivity index (χ4v) is 6.97. The predicted molar refractivity (Wildman–Crippen MR) is 94.6 cm³/mol. The van der Waals surface area contributed by atoms with Crippen LogP contribution in [0.1, 0.15) is 109 Å². The first-order valence-electron chi connectivity index (χ1n) is 10.8. The summed E-state index contributed by atoms with van der Waals surface area (Å²) in [5, 5.41) is 0. The van der Waals surface area contributed by atoms with Crippen LogP contribution in [0, 0.1) is 29.1 Å². The molecule has 4 aliphatic rings. The summed E-state index contributed by atoms with van der Waals surface area (Å²) in [6, 6.07) is 0. The quantitative estimate of drug-likeness (QED) is 0.488. The van der Waals surface area contributed by atoms with Crippen molar-refractivity contribution in [1.82, 2.24) is 0 Å². The summed E-state index contributed by atoms with van der Waals surface area (Å²) in [5.41, 5.74) is 0.729. The summed E-state index contributed by atoms with van der Waals surface area (Å²) in [7, 11) is 0. The average Bonchev–Trinajstić information content (AvgIpc) is 2.96. The van der Waals surface area contributed by atoms with Crippen LogP contribution in [0.15, 0.2) is 0 Å². The van der Waals surface area contributed by atoms with Gasteiger partial charge < -0.3 is 0 Å². The second-order valence-corrected chi connectivity index (χ2v) is 9.07. The largest absolute Gasteiger partial charge is 0.0533 e. The SMILES string of the molecule is C1CCC([C]2CCCCCC2(C2CCCC2)C2CCC2)CC1. The zero-order chi connectivity index (χ0) is 14.8. The number of hydrogen-bond donors (Lipinski definition) is 0. The topological polar surface area (TPSA) is 0 Å². The lowest BCUT2D eigenvalue weighted by Gasteiger charge is -2.56. The highest BCUT2D eigenvalue weighted by Gasteiger charge is 2.54. The Balaban J connectivity index is 1.65. The highest BCUT2D eigenvalue weighted by Crippen LogP contribution is 2.64. The Morgan fingerprint density at radius 2 is 1.14 bits per heavy atom. The van der Waals surface area contributed by atoms with Crippen LogP contribution in [0.2, 0.25) is 0 Å². The second kappa shape index (κ2) is 6.86. The van der Waals surface area contributed by atoms with Gasteiger partial charge in [-0.1, -0.05) is 57.8 Å². The molecule has 0 saturated heterocycles. The molecule has 0 amide bonds. The molecule has 4 aliphatic carbocycles. The molecule has 0 aromatic heterocycles. The minimum atomic E-state index is 0.729. The fourth-order valence-electron chi connectivity index (χ4n) is 6.97. The molecule has 0 aliphatic heterocycles. The average molecular weight is 302 g/mol. The molecule has 0 N–H and O–H groups in total. The van der Waals surface area contributed by atoms with Crippen LogP contribution in [0.3, 0.4) is 0 Å². The summed E-state index contributed by atoms with van der Waals surface area (Å²) in [4.78, 5) is 0. The van der Waals surface area contributed by atoms with Crippen LogP contribution in [0.25, 0.3) is 0 Å². The molecule has 0 bridgehead atoms. The van der Waals surface area contributed by atoms with Gasteiger partial charge in [0, 0.05) is 0 Å². The van der Waals surface area contributed by atoms with E-state index >= 15 is 0 Å². The van der Waals surface area contributed by atoms with E-state index in [1.54, 1.807) is 51.4 Å². The monoisotopic (exact) mass is 301 g/mol.